The number of carboxylic acids is 1. The Balaban J connectivity index is 2.64. The number of carboxylic acid groups (broad SMARTS) is 1. The Bertz CT molecular complexity index is 187. The van der Waals surface area contributed by atoms with Gasteiger partial charge >= 0.3 is 5.97 Å². The van der Waals surface area contributed by atoms with Crippen molar-refractivity contribution in [2.75, 3.05) is 7.05 Å². The molecule has 0 bridgehead atoms. The molecule has 0 radical (unpaired) electrons. The van der Waals surface area contributed by atoms with Crippen molar-refractivity contribution in [1.82, 2.24) is 5.32 Å². The maximum Gasteiger partial charge on any atom is 0.331 e. The predicted molar refractivity (Wildman–Crippen MR) is 42.4 cm³/mol. The quantitative estimate of drug-likeness (QED) is 0.619. The van der Waals surface area contributed by atoms with Crippen LogP contribution in [-0.2, 0) is 4.79 Å². The fraction of sp³-hybridized carbons (Fsp3) is 0.625. The maximum atomic E-state index is 10.5. The largest absolute Gasteiger partial charge is 0.478 e. The standard InChI is InChI=1S/C8H13NO2/c1-9-7-4-2-3-6(5-7)8(10)11/h5,7,9H,2-4H2,1H3,(H,10,11). The molecule has 62 valence electrons. The van der Waals surface area contributed by atoms with Crippen LogP contribution in [-0.4, -0.2) is 24.2 Å². The van der Waals surface area contributed by atoms with Crippen LogP contribution in [0.4, 0.5) is 0 Å². The van der Waals surface area contributed by atoms with E-state index in [1.807, 2.05) is 13.1 Å². The zero-order valence-corrected chi connectivity index (χ0v) is 6.63. The van der Waals surface area contributed by atoms with Gasteiger partial charge in [0, 0.05) is 11.6 Å². The van der Waals surface area contributed by atoms with E-state index in [-0.39, 0.29) is 6.04 Å². The minimum absolute atomic E-state index is 0.259. The summed E-state index contributed by atoms with van der Waals surface area (Å²) in [6.07, 6.45) is 4.55. The highest BCUT2D eigenvalue weighted by atomic mass is 16.4. The summed E-state index contributed by atoms with van der Waals surface area (Å²) in [5.74, 6) is -0.773. The SMILES string of the molecule is CNC1C=C(C(=O)O)CCC1. The van der Waals surface area contributed by atoms with Crippen molar-refractivity contribution in [3.05, 3.63) is 11.6 Å². The third-order valence-electron chi connectivity index (χ3n) is 2.01. The van der Waals surface area contributed by atoms with Crippen molar-refractivity contribution in [3.8, 4) is 0 Å². The van der Waals surface area contributed by atoms with E-state index in [9.17, 15) is 4.79 Å². The smallest absolute Gasteiger partial charge is 0.331 e. The fourth-order valence-corrected chi connectivity index (χ4v) is 1.33. The van der Waals surface area contributed by atoms with Gasteiger partial charge < -0.3 is 10.4 Å². The third kappa shape index (κ3) is 2.05. The van der Waals surface area contributed by atoms with Crippen molar-refractivity contribution in [3.63, 3.8) is 0 Å². The predicted octanol–water partition coefficient (Wildman–Crippen LogP) is 0.769. The molecule has 2 N–H and O–H groups in total. The molecule has 0 heterocycles. The summed E-state index contributed by atoms with van der Waals surface area (Å²) in [6, 6.07) is 0.259. The number of aliphatic carboxylic acids is 1. The first-order valence-electron chi connectivity index (χ1n) is 3.85. The van der Waals surface area contributed by atoms with Gasteiger partial charge in [0.1, 0.15) is 0 Å². The van der Waals surface area contributed by atoms with Gasteiger partial charge in [-0.1, -0.05) is 6.08 Å². The molecule has 1 aliphatic rings. The van der Waals surface area contributed by atoms with Gasteiger partial charge in [0.05, 0.1) is 0 Å². The van der Waals surface area contributed by atoms with E-state index in [2.05, 4.69) is 5.32 Å². The van der Waals surface area contributed by atoms with Crippen LogP contribution in [0.3, 0.4) is 0 Å². The molecule has 0 aromatic heterocycles. The lowest BCUT2D eigenvalue weighted by Gasteiger charge is -2.17. The zero-order chi connectivity index (χ0) is 8.27. The van der Waals surface area contributed by atoms with E-state index in [4.69, 9.17) is 5.11 Å². The molecule has 1 unspecified atom stereocenters. The lowest BCUT2D eigenvalue weighted by Crippen LogP contribution is -2.26. The monoisotopic (exact) mass is 155 g/mol. The summed E-state index contributed by atoms with van der Waals surface area (Å²) in [4.78, 5) is 10.5. The molecule has 0 saturated heterocycles. The van der Waals surface area contributed by atoms with Crippen LogP contribution in [0.25, 0.3) is 0 Å². The van der Waals surface area contributed by atoms with Crippen molar-refractivity contribution in [1.29, 1.82) is 0 Å². The van der Waals surface area contributed by atoms with E-state index in [1.165, 1.54) is 0 Å². The number of carbonyl (C=O) groups is 1. The van der Waals surface area contributed by atoms with E-state index in [0.717, 1.165) is 12.8 Å². The number of nitrogens with one attached hydrogen (secondary N) is 1. The van der Waals surface area contributed by atoms with Crippen LogP contribution in [0.2, 0.25) is 0 Å². The minimum atomic E-state index is -0.773. The van der Waals surface area contributed by atoms with Crippen molar-refractivity contribution in [2.45, 2.75) is 25.3 Å². The summed E-state index contributed by atoms with van der Waals surface area (Å²) in [7, 11) is 1.85. The molecule has 1 atom stereocenters. The fourth-order valence-electron chi connectivity index (χ4n) is 1.33. The van der Waals surface area contributed by atoms with Crippen LogP contribution in [0.15, 0.2) is 11.6 Å². The second-order valence-electron chi connectivity index (χ2n) is 2.78. The molecule has 3 heteroatoms. The Hall–Kier alpha value is -0.830. The average Bonchev–Trinajstić information content (AvgIpc) is 2.05. The molecule has 0 aromatic carbocycles. The number of rotatable bonds is 2. The van der Waals surface area contributed by atoms with Crippen LogP contribution in [0, 0.1) is 0 Å². The molecular formula is C8H13NO2. The molecule has 1 aliphatic carbocycles. The second-order valence-corrected chi connectivity index (χ2v) is 2.78. The number of hydrogen-bond donors (Lipinski definition) is 2. The van der Waals surface area contributed by atoms with Gasteiger partial charge in [0.2, 0.25) is 0 Å². The Morgan fingerprint density at radius 1 is 1.82 bits per heavy atom. The molecule has 0 amide bonds. The molecule has 0 aliphatic heterocycles. The van der Waals surface area contributed by atoms with Gasteiger partial charge in [0.25, 0.3) is 0 Å². The first-order valence-corrected chi connectivity index (χ1v) is 3.85. The van der Waals surface area contributed by atoms with Gasteiger partial charge in [-0.3, -0.25) is 0 Å². The second kappa shape index (κ2) is 3.53. The van der Waals surface area contributed by atoms with E-state index < -0.39 is 5.97 Å². The topological polar surface area (TPSA) is 49.3 Å². The summed E-state index contributed by atoms with van der Waals surface area (Å²) in [5.41, 5.74) is 0.551. The Labute approximate surface area is 66.1 Å². The van der Waals surface area contributed by atoms with Crippen molar-refractivity contribution >= 4 is 5.97 Å². The molecular weight excluding hydrogens is 142 g/mol. The van der Waals surface area contributed by atoms with Crippen LogP contribution < -0.4 is 5.32 Å². The van der Waals surface area contributed by atoms with Gasteiger partial charge in [-0.25, -0.2) is 4.79 Å². The lowest BCUT2D eigenvalue weighted by atomic mass is 9.96. The highest BCUT2D eigenvalue weighted by Gasteiger charge is 2.15. The van der Waals surface area contributed by atoms with Crippen LogP contribution >= 0.6 is 0 Å². The summed E-state index contributed by atoms with van der Waals surface area (Å²) >= 11 is 0. The zero-order valence-electron chi connectivity index (χ0n) is 6.63. The van der Waals surface area contributed by atoms with E-state index in [1.54, 1.807) is 0 Å². The highest BCUT2D eigenvalue weighted by Crippen LogP contribution is 2.17. The molecule has 0 saturated carbocycles. The normalized spacial score (nSPS) is 24.5. The molecule has 3 nitrogen and oxygen atoms in total. The van der Waals surface area contributed by atoms with E-state index >= 15 is 0 Å². The Morgan fingerprint density at radius 3 is 3.09 bits per heavy atom. The van der Waals surface area contributed by atoms with Gasteiger partial charge in [-0.2, -0.15) is 0 Å². The van der Waals surface area contributed by atoms with Gasteiger partial charge in [-0.05, 0) is 26.3 Å². The summed E-state index contributed by atoms with van der Waals surface area (Å²) in [6.45, 7) is 0. The summed E-state index contributed by atoms with van der Waals surface area (Å²) < 4.78 is 0. The first kappa shape index (κ1) is 8.27. The molecule has 11 heavy (non-hydrogen) atoms. The van der Waals surface area contributed by atoms with Gasteiger partial charge in [0.15, 0.2) is 0 Å². The molecule has 1 rings (SSSR count). The lowest BCUT2D eigenvalue weighted by molar-refractivity contribution is -0.132. The molecule has 0 fully saturated rings. The van der Waals surface area contributed by atoms with Crippen molar-refractivity contribution < 1.29 is 9.90 Å². The Morgan fingerprint density at radius 2 is 2.55 bits per heavy atom. The van der Waals surface area contributed by atoms with Gasteiger partial charge in [-0.15, -0.1) is 0 Å². The minimum Gasteiger partial charge on any atom is -0.478 e. The first-order chi connectivity index (χ1) is 5.24. The number of likely N-dealkylation sites (N-methyl/N-ethyl adjacent to an activating group) is 1. The Kier molecular flexibility index (Phi) is 2.65. The maximum absolute atomic E-state index is 10.5. The van der Waals surface area contributed by atoms with Crippen molar-refractivity contribution in [2.24, 2.45) is 0 Å². The molecule has 0 aromatic rings. The molecule has 0 spiro atoms. The van der Waals surface area contributed by atoms with E-state index in [0.29, 0.717) is 12.0 Å². The summed E-state index contributed by atoms with van der Waals surface area (Å²) in [5, 5.41) is 11.7. The third-order valence-corrected chi connectivity index (χ3v) is 2.01. The highest BCUT2D eigenvalue weighted by molar-refractivity contribution is 5.86. The average molecular weight is 155 g/mol. The van der Waals surface area contributed by atoms with Crippen LogP contribution in [0.5, 0.6) is 0 Å². The van der Waals surface area contributed by atoms with Crippen LogP contribution in [0.1, 0.15) is 19.3 Å². The number of hydrogen-bond acceptors (Lipinski definition) is 2.